The SMILES string of the molecule is C=C(C)CSc1nc(CC)nc(C)c1C(=O)O. The van der Waals surface area contributed by atoms with E-state index in [9.17, 15) is 4.79 Å². The molecule has 0 aromatic carbocycles. The number of carboxylic acids is 1. The number of carbonyl (C=O) groups is 1. The fourth-order valence-electron chi connectivity index (χ4n) is 1.30. The second-order valence-electron chi connectivity index (χ2n) is 3.81. The summed E-state index contributed by atoms with van der Waals surface area (Å²) in [5, 5.41) is 9.69. The first kappa shape index (κ1) is 13.7. The molecule has 0 atom stereocenters. The lowest BCUT2D eigenvalue weighted by Crippen LogP contribution is -2.09. The summed E-state index contributed by atoms with van der Waals surface area (Å²) in [4.78, 5) is 19.6. The van der Waals surface area contributed by atoms with Gasteiger partial charge in [-0.25, -0.2) is 14.8 Å². The summed E-state index contributed by atoms with van der Waals surface area (Å²) >= 11 is 1.40. The van der Waals surface area contributed by atoms with Crippen LogP contribution in [-0.4, -0.2) is 26.8 Å². The Bertz CT molecular complexity index is 458. The van der Waals surface area contributed by atoms with E-state index in [1.165, 1.54) is 11.8 Å². The molecule has 0 aliphatic rings. The fourth-order valence-corrected chi connectivity index (χ4v) is 2.24. The summed E-state index contributed by atoms with van der Waals surface area (Å²) in [7, 11) is 0. The fraction of sp³-hybridized carbons (Fsp3) is 0.417. The molecule has 4 nitrogen and oxygen atoms in total. The van der Waals surface area contributed by atoms with Crippen LogP contribution in [-0.2, 0) is 6.42 Å². The lowest BCUT2D eigenvalue weighted by atomic mass is 10.2. The molecule has 5 heteroatoms. The number of hydrogen-bond donors (Lipinski definition) is 1. The average Bonchev–Trinajstić information content (AvgIpc) is 2.24. The smallest absolute Gasteiger partial charge is 0.340 e. The molecule has 1 aromatic rings. The van der Waals surface area contributed by atoms with Crippen LogP contribution in [0.25, 0.3) is 0 Å². The van der Waals surface area contributed by atoms with Gasteiger partial charge in [-0.05, 0) is 13.8 Å². The van der Waals surface area contributed by atoms with Gasteiger partial charge in [0.25, 0.3) is 0 Å². The molecular formula is C12H16N2O2S. The predicted molar refractivity (Wildman–Crippen MR) is 68.6 cm³/mol. The molecule has 0 bridgehead atoms. The Morgan fingerprint density at radius 1 is 1.47 bits per heavy atom. The van der Waals surface area contributed by atoms with Crippen LogP contribution in [0.5, 0.6) is 0 Å². The van der Waals surface area contributed by atoms with Gasteiger partial charge in [0.05, 0.1) is 5.69 Å². The Hall–Kier alpha value is -1.36. The molecule has 0 saturated carbocycles. The molecule has 17 heavy (non-hydrogen) atoms. The summed E-state index contributed by atoms with van der Waals surface area (Å²) in [5.74, 6) is 0.367. The second kappa shape index (κ2) is 5.82. The van der Waals surface area contributed by atoms with Crippen molar-refractivity contribution in [2.24, 2.45) is 0 Å². The van der Waals surface area contributed by atoms with E-state index in [1.54, 1.807) is 6.92 Å². The molecule has 1 N–H and O–H groups in total. The van der Waals surface area contributed by atoms with Gasteiger partial charge in [0.2, 0.25) is 0 Å². The summed E-state index contributed by atoms with van der Waals surface area (Å²) in [6.45, 7) is 9.35. The van der Waals surface area contributed by atoms with Gasteiger partial charge in [0, 0.05) is 12.2 Å². The van der Waals surface area contributed by atoms with E-state index < -0.39 is 5.97 Å². The number of rotatable bonds is 5. The molecule has 0 saturated heterocycles. The third-order valence-corrected chi connectivity index (χ3v) is 3.29. The van der Waals surface area contributed by atoms with Crippen LogP contribution in [0.3, 0.4) is 0 Å². The highest BCUT2D eigenvalue weighted by atomic mass is 32.2. The highest BCUT2D eigenvalue weighted by Gasteiger charge is 2.17. The number of nitrogens with zero attached hydrogens (tertiary/aromatic N) is 2. The third kappa shape index (κ3) is 3.56. The number of aryl methyl sites for hydroxylation is 2. The number of carboxylic acid groups (broad SMARTS) is 1. The van der Waals surface area contributed by atoms with Crippen LogP contribution in [0, 0.1) is 6.92 Å². The summed E-state index contributed by atoms with van der Waals surface area (Å²) < 4.78 is 0. The molecule has 0 fully saturated rings. The zero-order valence-corrected chi connectivity index (χ0v) is 11.1. The highest BCUT2D eigenvalue weighted by Crippen LogP contribution is 2.24. The molecule has 0 spiro atoms. The highest BCUT2D eigenvalue weighted by molar-refractivity contribution is 7.99. The number of thioether (sulfide) groups is 1. The minimum atomic E-state index is -0.977. The van der Waals surface area contributed by atoms with E-state index in [0.717, 1.165) is 5.57 Å². The topological polar surface area (TPSA) is 63.1 Å². The Morgan fingerprint density at radius 2 is 2.12 bits per heavy atom. The standard InChI is InChI=1S/C12H16N2O2S/c1-5-9-13-8(4)10(12(15)16)11(14-9)17-6-7(2)3/h2,5-6H2,1,3-4H3,(H,15,16). The summed E-state index contributed by atoms with van der Waals surface area (Å²) in [5.41, 5.74) is 1.71. The zero-order chi connectivity index (χ0) is 13.0. The van der Waals surface area contributed by atoms with Crippen molar-refractivity contribution in [2.75, 3.05) is 5.75 Å². The second-order valence-corrected chi connectivity index (χ2v) is 4.77. The van der Waals surface area contributed by atoms with E-state index in [0.29, 0.717) is 28.7 Å². The maximum Gasteiger partial charge on any atom is 0.340 e. The molecule has 0 aliphatic carbocycles. The van der Waals surface area contributed by atoms with Crippen molar-refractivity contribution in [3.63, 3.8) is 0 Å². The molecule has 0 radical (unpaired) electrons. The van der Waals surface area contributed by atoms with Crippen LogP contribution in [0.4, 0.5) is 0 Å². The molecular weight excluding hydrogens is 236 g/mol. The van der Waals surface area contributed by atoms with Gasteiger partial charge < -0.3 is 5.11 Å². The van der Waals surface area contributed by atoms with Crippen LogP contribution < -0.4 is 0 Å². The first-order chi connectivity index (χ1) is 7.95. The van der Waals surface area contributed by atoms with Gasteiger partial charge >= 0.3 is 5.97 Å². The van der Waals surface area contributed by atoms with Crippen molar-refractivity contribution < 1.29 is 9.90 Å². The Morgan fingerprint density at radius 3 is 2.59 bits per heavy atom. The largest absolute Gasteiger partial charge is 0.478 e. The number of aromatic carboxylic acids is 1. The molecule has 0 unspecified atom stereocenters. The lowest BCUT2D eigenvalue weighted by molar-refractivity contribution is 0.0690. The number of aromatic nitrogens is 2. The molecule has 0 aliphatic heterocycles. The van der Waals surface area contributed by atoms with E-state index in [2.05, 4.69) is 16.5 Å². The van der Waals surface area contributed by atoms with E-state index in [1.807, 2.05) is 13.8 Å². The normalized spacial score (nSPS) is 10.3. The molecule has 1 heterocycles. The average molecular weight is 252 g/mol. The van der Waals surface area contributed by atoms with Crippen molar-refractivity contribution in [2.45, 2.75) is 32.2 Å². The van der Waals surface area contributed by atoms with Gasteiger partial charge in [0.1, 0.15) is 16.4 Å². The summed E-state index contributed by atoms with van der Waals surface area (Å²) in [6, 6.07) is 0. The Labute approximate surface area is 105 Å². The van der Waals surface area contributed by atoms with E-state index in [4.69, 9.17) is 5.11 Å². The molecule has 92 valence electrons. The van der Waals surface area contributed by atoms with E-state index in [-0.39, 0.29) is 5.56 Å². The Balaban J connectivity index is 3.17. The number of hydrogen-bond acceptors (Lipinski definition) is 4. The quantitative estimate of drug-likeness (QED) is 0.496. The van der Waals surface area contributed by atoms with Crippen LogP contribution in [0.1, 0.15) is 35.7 Å². The van der Waals surface area contributed by atoms with Crippen molar-refractivity contribution >= 4 is 17.7 Å². The van der Waals surface area contributed by atoms with E-state index >= 15 is 0 Å². The first-order valence-electron chi connectivity index (χ1n) is 5.33. The van der Waals surface area contributed by atoms with Gasteiger partial charge in [-0.2, -0.15) is 0 Å². The third-order valence-electron chi connectivity index (χ3n) is 2.09. The van der Waals surface area contributed by atoms with Gasteiger partial charge in [-0.15, -0.1) is 11.8 Å². The molecule has 0 amide bonds. The van der Waals surface area contributed by atoms with Crippen LogP contribution >= 0.6 is 11.8 Å². The van der Waals surface area contributed by atoms with Crippen LogP contribution in [0.15, 0.2) is 17.2 Å². The molecule has 1 aromatic heterocycles. The van der Waals surface area contributed by atoms with Crippen molar-refractivity contribution in [3.8, 4) is 0 Å². The summed E-state index contributed by atoms with van der Waals surface area (Å²) in [6.07, 6.45) is 0.696. The predicted octanol–water partition coefficient (Wildman–Crippen LogP) is 2.71. The van der Waals surface area contributed by atoms with Gasteiger partial charge in [0.15, 0.2) is 0 Å². The van der Waals surface area contributed by atoms with Crippen molar-refractivity contribution in [1.82, 2.24) is 9.97 Å². The Kier molecular flexibility index (Phi) is 4.69. The van der Waals surface area contributed by atoms with Gasteiger partial charge in [-0.3, -0.25) is 0 Å². The monoisotopic (exact) mass is 252 g/mol. The minimum absolute atomic E-state index is 0.202. The molecule has 1 rings (SSSR count). The minimum Gasteiger partial charge on any atom is -0.478 e. The van der Waals surface area contributed by atoms with Crippen LogP contribution in [0.2, 0.25) is 0 Å². The maximum atomic E-state index is 11.2. The van der Waals surface area contributed by atoms with Crippen molar-refractivity contribution in [1.29, 1.82) is 0 Å². The first-order valence-corrected chi connectivity index (χ1v) is 6.32. The maximum absolute atomic E-state index is 11.2. The van der Waals surface area contributed by atoms with Crippen molar-refractivity contribution in [3.05, 3.63) is 29.2 Å². The lowest BCUT2D eigenvalue weighted by Gasteiger charge is -2.09. The zero-order valence-electron chi connectivity index (χ0n) is 10.3. The van der Waals surface area contributed by atoms with Gasteiger partial charge in [-0.1, -0.05) is 19.1 Å².